The van der Waals surface area contributed by atoms with Gasteiger partial charge in [0.15, 0.2) is 5.65 Å². The van der Waals surface area contributed by atoms with Gasteiger partial charge in [-0.2, -0.15) is 15.5 Å². The molecule has 3 N–H and O–H groups in total. The molecule has 2 amide bonds. The highest BCUT2D eigenvalue weighted by Crippen LogP contribution is 2.31. The van der Waals surface area contributed by atoms with Crippen molar-refractivity contribution in [2.24, 2.45) is 24.1 Å². The molecule has 0 aliphatic carbocycles. The molecule has 1 aliphatic rings. The lowest BCUT2D eigenvalue weighted by atomic mass is 9.94. The molecule has 4 heterocycles. The van der Waals surface area contributed by atoms with Crippen LogP contribution in [-0.2, 0) is 11.8 Å². The second-order valence-corrected chi connectivity index (χ2v) is 9.54. The van der Waals surface area contributed by atoms with Crippen molar-refractivity contribution in [1.82, 2.24) is 29.3 Å². The number of nitrogens with one attached hydrogen (secondary N) is 1. The fraction of sp³-hybridized carbons (Fsp3) is 0.478. The van der Waals surface area contributed by atoms with E-state index in [4.69, 9.17) is 10.7 Å². The number of imidazole rings is 1. The number of likely N-dealkylation sites (tertiary alicyclic amines) is 1. The highest BCUT2D eigenvalue weighted by atomic mass is 16.2. The number of carbonyl (C=O) groups is 2. The van der Waals surface area contributed by atoms with Gasteiger partial charge in [-0.25, -0.2) is 9.50 Å². The van der Waals surface area contributed by atoms with Crippen LogP contribution in [0, 0.1) is 36.5 Å². The topological polar surface area (TPSA) is 147 Å². The molecule has 3 aromatic rings. The maximum Gasteiger partial charge on any atom is 0.252 e. The molecule has 1 fully saturated rings. The maximum atomic E-state index is 12.8. The monoisotopic (exact) mass is 463 g/mol. The number of amides is 2. The van der Waals surface area contributed by atoms with Crippen LogP contribution in [0.5, 0.6) is 0 Å². The van der Waals surface area contributed by atoms with Crippen molar-refractivity contribution in [3.8, 4) is 17.3 Å². The minimum Gasteiger partial charge on any atom is -0.376 e. The van der Waals surface area contributed by atoms with E-state index in [0.717, 1.165) is 17.0 Å². The van der Waals surface area contributed by atoms with Gasteiger partial charge in [-0.1, -0.05) is 6.92 Å². The number of nitrogens with zero attached hydrogens (tertiary/aromatic N) is 7. The number of fused-ring (bicyclic) bond motifs is 1. The Bertz CT molecular complexity index is 1340. The number of carbonyl (C=O) groups excluding carboxylic acids is 2. The summed E-state index contributed by atoms with van der Waals surface area (Å²) in [6.45, 7) is 10.0. The fourth-order valence-electron chi connectivity index (χ4n) is 4.48. The zero-order valence-corrected chi connectivity index (χ0v) is 20.2. The van der Waals surface area contributed by atoms with Crippen LogP contribution < -0.4 is 11.1 Å². The third kappa shape index (κ3) is 3.75. The normalized spacial score (nSPS) is 18.3. The molecule has 178 valence electrons. The van der Waals surface area contributed by atoms with Gasteiger partial charge in [-0.15, -0.1) is 0 Å². The molecular weight excluding hydrogens is 434 g/mol. The number of rotatable bonds is 5. The van der Waals surface area contributed by atoms with Crippen molar-refractivity contribution in [1.29, 1.82) is 5.26 Å². The standard InChI is InChI=1S/C23H29N9O2/c1-12-8-31(22(34)23(4,5)11-24)9-16(12)27-19-15(20(25)33)7-26-32-10-17(28-21(19)32)18-13(2)29-30(6)14(18)3/h7,10,12,16,27H,8-9H2,1-6H3,(H2,25,33)/t12-,16-/m1/s1. The molecule has 4 rings (SSSR count). The summed E-state index contributed by atoms with van der Waals surface area (Å²) in [6.07, 6.45) is 3.22. The molecule has 0 aromatic carbocycles. The van der Waals surface area contributed by atoms with Crippen molar-refractivity contribution in [3.63, 3.8) is 0 Å². The molecule has 2 atom stereocenters. The molecule has 0 saturated carbocycles. The molecule has 3 aromatic heterocycles. The summed E-state index contributed by atoms with van der Waals surface area (Å²) in [6, 6.07) is 1.91. The highest BCUT2D eigenvalue weighted by molar-refractivity contribution is 6.01. The summed E-state index contributed by atoms with van der Waals surface area (Å²) in [5, 5.41) is 21.6. The minimum absolute atomic E-state index is 0.0737. The number of aryl methyl sites for hydroxylation is 2. The molecule has 0 radical (unpaired) electrons. The van der Waals surface area contributed by atoms with Crippen molar-refractivity contribution >= 4 is 23.1 Å². The first-order valence-corrected chi connectivity index (χ1v) is 11.1. The van der Waals surface area contributed by atoms with E-state index in [2.05, 4.69) is 21.6 Å². The lowest BCUT2D eigenvalue weighted by Crippen LogP contribution is -2.40. The van der Waals surface area contributed by atoms with E-state index >= 15 is 0 Å². The quantitative estimate of drug-likeness (QED) is 0.585. The van der Waals surface area contributed by atoms with Crippen LogP contribution in [0.4, 0.5) is 5.69 Å². The largest absolute Gasteiger partial charge is 0.376 e. The Morgan fingerprint density at radius 2 is 2.00 bits per heavy atom. The first kappa shape index (κ1) is 23.2. The van der Waals surface area contributed by atoms with Gasteiger partial charge in [0.2, 0.25) is 5.91 Å². The molecule has 11 heteroatoms. The first-order valence-electron chi connectivity index (χ1n) is 11.1. The molecule has 0 spiro atoms. The number of nitriles is 1. The summed E-state index contributed by atoms with van der Waals surface area (Å²) in [4.78, 5) is 31.5. The second-order valence-electron chi connectivity index (χ2n) is 9.54. The van der Waals surface area contributed by atoms with Crippen LogP contribution in [0.15, 0.2) is 12.4 Å². The van der Waals surface area contributed by atoms with E-state index < -0.39 is 11.3 Å². The Balaban J connectivity index is 1.74. The van der Waals surface area contributed by atoms with E-state index in [9.17, 15) is 14.9 Å². The van der Waals surface area contributed by atoms with Gasteiger partial charge in [0.25, 0.3) is 5.91 Å². The van der Waals surface area contributed by atoms with Crippen molar-refractivity contribution < 1.29 is 9.59 Å². The van der Waals surface area contributed by atoms with Gasteiger partial charge in [-0.05, 0) is 33.6 Å². The second kappa shape index (κ2) is 8.13. The fourth-order valence-corrected chi connectivity index (χ4v) is 4.48. The molecule has 0 unspecified atom stereocenters. The van der Waals surface area contributed by atoms with E-state index in [1.54, 1.807) is 34.1 Å². The van der Waals surface area contributed by atoms with E-state index in [1.807, 2.05) is 27.8 Å². The molecule has 11 nitrogen and oxygen atoms in total. The maximum absolute atomic E-state index is 12.8. The van der Waals surface area contributed by atoms with Gasteiger partial charge in [-0.3, -0.25) is 14.3 Å². The molecule has 0 bridgehead atoms. The number of hydrogen-bond donors (Lipinski definition) is 2. The van der Waals surface area contributed by atoms with Crippen LogP contribution in [0.25, 0.3) is 16.9 Å². The Morgan fingerprint density at radius 3 is 2.59 bits per heavy atom. The van der Waals surface area contributed by atoms with Crippen molar-refractivity contribution in [3.05, 3.63) is 29.3 Å². The number of aromatic nitrogens is 5. The molecule has 1 saturated heterocycles. The van der Waals surface area contributed by atoms with E-state index in [-0.39, 0.29) is 23.4 Å². The summed E-state index contributed by atoms with van der Waals surface area (Å²) in [5.74, 6) is -0.767. The first-order chi connectivity index (χ1) is 15.9. The van der Waals surface area contributed by atoms with Crippen LogP contribution in [-0.4, -0.2) is 60.2 Å². The van der Waals surface area contributed by atoms with E-state index in [1.165, 1.54) is 6.20 Å². The average Bonchev–Trinajstić information content (AvgIpc) is 3.43. The Morgan fingerprint density at radius 1 is 1.29 bits per heavy atom. The van der Waals surface area contributed by atoms with Gasteiger partial charge < -0.3 is 16.0 Å². The highest BCUT2D eigenvalue weighted by Gasteiger charge is 2.39. The van der Waals surface area contributed by atoms with Gasteiger partial charge in [0.1, 0.15) is 5.41 Å². The van der Waals surface area contributed by atoms with Crippen LogP contribution in [0.3, 0.4) is 0 Å². The number of primary amides is 1. The van der Waals surface area contributed by atoms with Crippen molar-refractivity contribution in [2.75, 3.05) is 18.4 Å². The number of nitrogens with two attached hydrogens (primary N) is 1. The Kier molecular flexibility index (Phi) is 5.55. The average molecular weight is 464 g/mol. The zero-order chi connectivity index (χ0) is 24.9. The molecule has 1 aliphatic heterocycles. The van der Waals surface area contributed by atoms with E-state index in [0.29, 0.717) is 30.1 Å². The predicted molar refractivity (Wildman–Crippen MR) is 126 cm³/mol. The molecule has 34 heavy (non-hydrogen) atoms. The third-order valence-electron chi connectivity index (χ3n) is 6.57. The van der Waals surface area contributed by atoms with Crippen LogP contribution >= 0.6 is 0 Å². The number of anilines is 1. The lowest BCUT2D eigenvalue weighted by molar-refractivity contribution is -0.136. The Hall–Kier alpha value is -3.94. The molecular formula is C23H29N9O2. The third-order valence-corrected chi connectivity index (χ3v) is 6.57. The predicted octanol–water partition coefficient (Wildman–Crippen LogP) is 1.65. The lowest BCUT2D eigenvalue weighted by Gasteiger charge is -2.24. The number of hydrogen-bond acceptors (Lipinski definition) is 7. The summed E-state index contributed by atoms with van der Waals surface area (Å²) in [5.41, 5.74) is 9.11. The summed E-state index contributed by atoms with van der Waals surface area (Å²) >= 11 is 0. The minimum atomic E-state index is -1.10. The van der Waals surface area contributed by atoms with Crippen molar-refractivity contribution in [2.45, 2.75) is 40.7 Å². The smallest absolute Gasteiger partial charge is 0.252 e. The zero-order valence-electron chi connectivity index (χ0n) is 20.2. The van der Waals surface area contributed by atoms with Gasteiger partial charge >= 0.3 is 0 Å². The van der Waals surface area contributed by atoms with Gasteiger partial charge in [0, 0.05) is 37.4 Å². The SMILES string of the molecule is Cc1nn(C)c(C)c1-c1cn2ncc(C(N)=O)c(N[C@@H]3CN(C(=O)C(C)(C)C#N)C[C@H]3C)c2n1. The van der Waals surface area contributed by atoms with Crippen LogP contribution in [0.1, 0.15) is 42.5 Å². The van der Waals surface area contributed by atoms with Crippen LogP contribution in [0.2, 0.25) is 0 Å². The Labute approximate surface area is 197 Å². The summed E-state index contributed by atoms with van der Waals surface area (Å²) < 4.78 is 3.40. The van der Waals surface area contributed by atoms with Gasteiger partial charge in [0.05, 0.1) is 41.1 Å². The summed E-state index contributed by atoms with van der Waals surface area (Å²) in [7, 11) is 1.88.